The van der Waals surface area contributed by atoms with Crippen LogP contribution in [0.3, 0.4) is 0 Å². The number of rotatable bonds is 4. The molecule has 0 radical (unpaired) electrons. The third-order valence-electron chi connectivity index (χ3n) is 6.07. The zero-order valence-electron chi connectivity index (χ0n) is 17.0. The molecule has 2 unspecified atom stereocenters. The number of piperidine rings is 2. The molecular formula is C21H30N4O3. The van der Waals surface area contributed by atoms with Crippen molar-refractivity contribution in [3.63, 3.8) is 0 Å². The van der Waals surface area contributed by atoms with E-state index in [0.717, 1.165) is 44.5 Å². The highest BCUT2D eigenvalue weighted by Gasteiger charge is 2.42. The summed E-state index contributed by atoms with van der Waals surface area (Å²) >= 11 is 0. The van der Waals surface area contributed by atoms with Crippen LogP contribution in [0.25, 0.3) is 0 Å². The molecule has 2 saturated heterocycles. The topological polar surface area (TPSA) is 78.7 Å². The number of nitriles is 1. The van der Waals surface area contributed by atoms with Gasteiger partial charge in [0.15, 0.2) is 0 Å². The van der Waals surface area contributed by atoms with Gasteiger partial charge in [0, 0.05) is 37.4 Å². The number of likely N-dealkylation sites (tertiary alicyclic amines) is 1. The predicted molar refractivity (Wildman–Crippen MR) is 104 cm³/mol. The van der Waals surface area contributed by atoms with Crippen LogP contribution >= 0.6 is 0 Å². The van der Waals surface area contributed by atoms with Crippen LogP contribution in [0.5, 0.6) is 0 Å². The molecule has 2 fully saturated rings. The molecule has 7 heteroatoms. The normalized spacial score (nSPS) is 28.3. The molecule has 0 aliphatic carbocycles. The minimum absolute atomic E-state index is 0.122. The number of hydrogen-bond donors (Lipinski definition) is 0. The third kappa shape index (κ3) is 4.29. The number of ether oxygens (including phenoxy) is 1. The summed E-state index contributed by atoms with van der Waals surface area (Å²) in [6.45, 7) is 8.00. The summed E-state index contributed by atoms with van der Waals surface area (Å²) in [5, 5.41) is 11.6. The van der Waals surface area contributed by atoms with E-state index in [2.05, 4.69) is 29.8 Å². The summed E-state index contributed by atoms with van der Waals surface area (Å²) in [7, 11) is 0. The van der Waals surface area contributed by atoms with Gasteiger partial charge >= 0.3 is 6.16 Å². The summed E-state index contributed by atoms with van der Waals surface area (Å²) in [5.74, 6) is 0. The second kappa shape index (κ2) is 8.89. The molecule has 0 saturated carbocycles. The van der Waals surface area contributed by atoms with Gasteiger partial charge in [0.1, 0.15) is 5.41 Å². The van der Waals surface area contributed by atoms with Crippen molar-refractivity contribution in [2.24, 2.45) is 0 Å². The second-order valence-electron chi connectivity index (χ2n) is 7.90. The molecule has 0 spiro atoms. The van der Waals surface area contributed by atoms with E-state index in [1.54, 1.807) is 18.2 Å². The van der Waals surface area contributed by atoms with Gasteiger partial charge in [0.05, 0.1) is 18.4 Å². The highest BCUT2D eigenvalue weighted by atomic mass is 16.8. The minimum Gasteiger partial charge on any atom is -0.433 e. The lowest BCUT2D eigenvalue weighted by atomic mass is 9.76. The average Bonchev–Trinajstić information content (AvgIpc) is 2.71. The van der Waals surface area contributed by atoms with Gasteiger partial charge in [-0.3, -0.25) is 4.98 Å². The maximum Gasteiger partial charge on any atom is 0.527 e. The Morgan fingerprint density at radius 2 is 1.96 bits per heavy atom. The van der Waals surface area contributed by atoms with Crippen molar-refractivity contribution >= 4 is 6.16 Å². The Morgan fingerprint density at radius 3 is 2.50 bits per heavy atom. The Morgan fingerprint density at radius 1 is 1.29 bits per heavy atom. The van der Waals surface area contributed by atoms with Crippen LogP contribution in [0.1, 0.15) is 52.1 Å². The van der Waals surface area contributed by atoms with Crippen LogP contribution in [0.2, 0.25) is 0 Å². The first-order valence-corrected chi connectivity index (χ1v) is 10.2. The van der Waals surface area contributed by atoms with E-state index in [1.807, 2.05) is 18.2 Å². The van der Waals surface area contributed by atoms with Gasteiger partial charge in [-0.1, -0.05) is 6.07 Å². The Balaban J connectivity index is 1.60. The van der Waals surface area contributed by atoms with Gasteiger partial charge < -0.3 is 14.5 Å². The van der Waals surface area contributed by atoms with E-state index < -0.39 is 11.6 Å². The van der Waals surface area contributed by atoms with Crippen LogP contribution in [-0.2, 0) is 15.0 Å². The molecule has 2 aliphatic rings. The fraction of sp³-hybridized carbons (Fsp3) is 0.667. The van der Waals surface area contributed by atoms with Gasteiger partial charge in [-0.2, -0.15) is 5.26 Å². The van der Waals surface area contributed by atoms with E-state index in [9.17, 15) is 10.1 Å². The van der Waals surface area contributed by atoms with Crippen LogP contribution in [0.4, 0.5) is 4.79 Å². The van der Waals surface area contributed by atoms with Gasteiger partial charge in [-0.15, -0.1) is 5.06 Å². The molecule has 0 aromatic carbocycles. The van der Waals surface area contributed by atoms with Crippen molar-refractivity contribution < 1.29 is 14.4 Å². The van der Waals surface area contributed by atoms with Crippen LogP contribution in [0, 0.1) is 11.3 Å². The lowest BCUT2D eigenvalue weighted by Gasteiger charge is -2.47. The molecule has 0 bridgehead atoms. The fourth-order valence-electron chi connectivity index (χ4n) is 4.58. The molecule has 28 heavy (non-hydrogen) atoms. The Hall–Kier alpha value is -2.17. The first-order chi connectivity index (χ1) is 13.5. The number of nitrogens with zero attached hydrogens (tertiary/aromatic N) is 4. The molecule has 152 valence electrons. The minimum atomic E-state index is -0.633. The highest BCUT2D eigenvalue weighted by Crippen LogP contribution is 2.36. The summed E-state index contributed by atoms with van der Waals surface area (Å²) < 4.78 is 4.91. The summed E-state index contributed by atoms with van der Waals surface area (Å²) in [4.78, 5) is 24.0. The Kier molecular flexibility index (Phi) is 6.53. The third-order valence-corrected chi connectivity index (χ3v) is 6.07. The fourth-order valence-corrected chi connectivity index (χ4v) is 4.58. The summed E-state index contributed by atoms with van der Waals surface area (Å²) in [6, 6.07) is 9.02. The molecule has 0 N–H and O–H groups in total. The first kappa shape index (κ1) is 20.6. The van der Waals surface area contributed by atoms with Gasteiger partial charge in [-0.25, -0.2) is 4.79 Å². The molecule has 2 aliphatic heterocycles. The number of hydrogen-bond acceptors (Lipinski definition) is 7. The summed E-state index contributed by atoms with van der Waals surface area (Å²) in [6.07, 6.45) is 4.57. The standard InChI is InChI=1S/C21H30N4O3/c1-4-27-20(26)28-25-16(2)13-18(14-17(25)3)24-11-8-21(15-22,9-12-24)19-7-5-6-10-23-19/h5-7,10,16-18H,4,8-9,11-14H2,1-3H3. The van der Waals surface area contributed by atoms with E-state index in [1.165, 1.54) is 0 Å². The molecule has 3 rings (SSSR count). The number of carbonyl (C=O) groups excluding carboxylic acids is 1. The molecule has 0 amide bonds. The molecule has 1 aromatic rings. The van der Waals surface area contributed by atoms with Crippen molar-refractivity contribution in [1.82, 2.24) is 14.9 Å². The maximum absolute atomic E-state index is 11.7. The lowest BCUT2D eigenvalue weighted by molar-refractivity contribution is -0.196. The van der Waals surface area contributed by atoms with E-state index in [4.69, 9.17) is 9.57 Å². The second-order valence-corrected chi connectivity index (χ2v) is 7.90. The summed E-state index contributed by atoms with van der Waals surface area (Å²) in [5.41, 5.74) is 0.402. The quantitative estimate of drug-likeness (QED) is 0.735. The zero-order valence-corrected chi connectivity index (χ0v) is 17.0. The number of carbonyl (C=O) groups is 1. The lowest BCUT2D eigenvalue weighted by Crippen LogP contribution is -2.55. The SMILES string of the molecule is CCOC(=O)ON1C(C)CC(N2CCC(C#N)(c3ccccn3)CC2)CC1C. The van der Waals surface area contributed by atoms with Crippen LogP contribution in [0.15, 0.2) is 24.4 Å². The number of hydroxylamine groups is 2. The zero-order chi connectivity index (χ0) is 20.1. The van der Waals surface area contributed by atoms with Crippen molar-refractivity contribution in [1.29, 1.82) is 5.26 Å². The van der Waals surface area contributed by atoms with Gasteiger partial charge in [0.2, 0.25) is 0 Å². The smallest absolute Gasteiger partial charge is 0.433 e. The molecular weight excluding hydrogens is 356 g/mol. The number of pyridine rings is 1. The van der Waals surface area contributed by atoms with Crippen LogP contribution in [-0.4, -0.2) is 58.9 Å². The van der Waals surface area contributed by atoms with Crippen molar-refractivity contribution in [3.8, 4) is 6.07 Å². The maximum atomic E-state index is 11.7. The van der Waals surface area contributed by atoms with Crippen LogP contribution < -0.4 is 0 Å². The largest absolute Gasteiger partial charge is 0.527 e. The van der Waals surface area contributed by atoms with Crippen molar-refractivity contribution in [2.75, 3.05) is 19.7 Å². The van der Waals surface area contributed by atoms with E-state index in [-0.39, 0.29) is 12.1 Å². The van der Waals surface area contributed by atoms with E-state index >= 15 is 0 Å². The number of aromatic nitrogens is 1. The predicted octanol–water partition coefficient (Wildman–Crippen LogP) is 3.27. The highest BCUT2D eigenvalue weighted by molar-refractivity contribution is 5.59. The molecule has 1 aromatic heterocycles. The van der Waals surface area contributed by atoms with Gasteiger partial charge in [-0.05, 0) is 58.6 Å². The average molecular weight is 386 g/mol. The monoisotopic (exact) mass is 386 g/mol. The van der Waals surface area contributed by atoms with E-state index in [0.29, 0.717) is 12.6 Å². The Labute approximate surface area is 167 Å². The molecule has 3 heterocycles. The molecule has 7 nitrogen and oxygen atoms in total. The van der Waals surface area contributed by atoms with Crippen molar-refractivity contribution in [3.05, 3.63) is 30.1 Å². The molecule has 2 atom stereocenters. The van der Waals surface area contributed by atoms with Gasteiger partial charge in [0.25, 0.3) is 0 Å². The van der Waals surface area contributed by atoms with Crippen molar-refractivity contribution in [2.45, 2.75) is 70.0 Å². The Bertz CT molecular complexity index is 685. The first-order valence-electron chi connectivity index (χ1n) is 10.2.